The van der Waals surface area contributed by atoms with Crippen molar-refractivity contribution in [1.29, 1.82) is 0 Å². The molecule has 0 saturated carbocycles. The van der Waals surface area contributed by atoms with Crippen LogP contribution in [0.25, 0.3) is 10.9 Å². The van der Waals surface area contributed by atoms with Gasteiger partial charge >= 0.3 is 0 Å². The number of ether oxygens (including phenoxy) is 1. The highest BCUT2D eigenvalue weighted by atomic mass is 35.5. The van der Waals surface area contributed by atoms with Crippen LogP contribution in [0.1, 0.15) is 5.56 Å². The van der Waals surface area contributed by atoms with Crippen LogP contribution in [0.3, 0.4) is 0 Å². The molecule has 0 unspecified atom stereocenters. The van der Waals surface area contributed by atoms with Crippen molar-refractivity contribution in [2.45, 2.75) is 6.61 Å². The van der Waals surface area contributed by atoms with Crippen LogP contribution in [0.4, 0.5) is 4.39 Å². The van der Waals surface area contributed by atoms with E-state index in [1.165, 1.54) is 12.1 Å². The monoisotopic (exact) mass is 275 g/mol. The lowest BCUT2D eigenvalue weighted by molar-refractivity contribution is 0.307. The number of halogens is 2. The van der Waals surface area contributed by atoms with Crippen LogP contribution in [-0.2, 0) is 6.61 Å². The van der Waals surface area contributed by atoms with Gasteiger partial charge in [0.15, 0.2) is 0 Å². The average Bonchev–Trinajstić information content (AvgIpc) is 2.80. The number of hydrogen-bond acceptors (Lipinski definition) is 1. The van der Waals surface area contributed by atoms with Crippen molar-refractivity contribution < 1.29 is 9.13 Å². The lowest BCUT2D eigenvalue weighted by Crippen LogP contribution is -1.94. The number of fused-ring (bicyclic) bond motifs is 1. The molecule has 0 aliphatic rings. The summed E-state index contributed by atoms with van der Waals surface area (Å²) in [6.07, 6.45) is 1.83. The van der Waals surface area contributed by atoms with Crippen molar-refractivity contribution in [3.8, 4) is 5.75 Å². The van der Waals surface area contributed by atoms with Gasteiger partial charge in [-0.25, -0.2) is 4.39 Å². The lowest BCUT2D eigenvalue weighted by Gasteiger charge is -2.05. The van der Waals surface area contributed by atoms with Gasteiger partial charge in [-0.15, -0.1) is 0 Å². The Bertz CT molecular complexity index is 706. The van der Waals surface area contributed by atoms with E-state index in [1.54, 1.807) is 30.3 Å². The van der Waals surface area contributed by atoms with Crippen molar-refractivity contribution >= 4 is 22.5 Å². The van der Waals surface area contributed by atoms with Crippen LogP contribution in [-0.4, -0.2) is 4.98 Å². The zero-order valence-corrected chi connectivity index (χ0v) is 10.7. The number of aromatic amines is 1. The molecule has 0 bridgehead atoms. The Morgan fingerprint density at radius 1 is 1.11 bits per heavy atom. The minimum Gasteiger partial charge on any atom is -0.489 e. The molecule has 0 amide bonds. The first-order valence-corrected chi connectivity index (χ1v) is 6.24. The first kappa shape index (κ1) is 12.1. The van der Waals surface area contributed by atoms with Crippen LogP contribution < -0.4 is 4.74 Å². The van der Waals surface area contributed by atoms with E-state index in [1.807, 2.05) is 6.20 Å². The van der Waals surface area contributed by atoms with E-state index in [9.17, 15) is 4.39 Å². The quantitative estimate of drug-likeness (QED) is 0.746. The molecule has 4 heteroatoms. The van der Waals surface area contributed by atoms with Gasteiger partial charge < -0.3 is 9.72 Å². The summed E-state index contributed by atoms with van der Waals surface area (Å²) >= 11 is 5.80. The third kappa shape index (κ3) is 2.56. The third-order valence-corrected chi connectivity index (χ3v) is 3.19. The lowest BCUT2D eigenvalue weighted by atomic mass is 10.2. The van der Waals surface area contributed by atoms with E-state index >= 15 is 0 Å². The Hall–Kier alpha value is -2.00. The second-order valence-electron chi connectivity index (χ2n) is 4.25. The molecular weight excluding hydrogens is 265 g/mol. The van der Waals surface area contributed by atoms with Gasteiger partial charge in [-0.05, 0) is 42.5 Å². The summed E-state index contributed by atoms with van der Waals surface area (Å²) in [7, 11) is 0. The second kappa shape index (κ2) is 4.94. The summed E-state index contributed by atoms with van der Waals surface area (Å²) in [4.78, 5) is 3.09. The Morgan fingerprint density at radius 3 is 2.68 bits per heavy atom. The van der Waals surface area contributed by atoms with Gasteiger partial charge in [-0.2, -0.15) is 0 Å². The van der Waals surface area contributed by atoms with E-state index in [-0.39, 0.29) is 5.82 Å². The minimum absolute atomic E-state index is 0.250. The first-order chi connectivity index (χ1) is 9.22. The van der Waals surface area contributed by atoms with Crippen LogP contribution >= 0.6 is 11.6 Å². The van der Waals surface area contributed by atoms with Crippen LogP contribution in [0.15, 0.2) is 48.7 Å². The van der Waals surface area contributed by atoms with Crippen molar-refractivity contribution in [2.24, 2.45) is 0 Å². The van der Waals surface area contributed by atoms with Gasteiger partial charge in [-0.3, -0.25) is 0 Å². The van der Waals surface area contributed by atoms with Gasteiger partial charge in [-0.1, -0.05) is 11.6 Å². The maximum atomic E-state index is 13.2. The van der Waals surface area contributed by atoms with E-state index in [4.69, 9.17) is 16.3 Å². The molecule has 0 fully saturated rings. The summed E-state index contributed by atoms with van der Waals surface area (Å²) in [6, 6.07) is 11.8. The summed E-state index contributed by atoms with van der Waals surface area (Å²) in [6.45, 7) is 0.380. The molecule has 0 saturated heterocycles. The summed E-state index contributed by atoms with van der Waals surface area (Å²) < 4.78 is 18.9. The number of rotatable bonds is 3. The predicted octanol–water partition coefficient (Wildman–Crippen LogP) is 4.54. The number of aromatic nitrogens is 1. The highest BCUT2D eigenvalue weighted by Gasteiger charge is 2.05. The molecule has 1 heterocycles. The zero-order valence-electron chi connectivity index (χ0n) is 9.99. The van der Waals surface area contributed by atoms with Crippen molar-refractivity contribution in [3.63, 3.8) is 0 Å². The molecule has 3 rings (SSSR count). The van der Waals surface area contributed by atoms with Gasteiger partial charge in [0.2, 0.25) is 0 Å². The van der Waals surface area contributed by atoms with Gasteiger partial charge in [0.1, 0.15) is 18.2 Å². The fourth-order valence-electron chi connectivity index (χ4n) is 1.96. The molecule has 2 nitrogen and oxygen atoms in total. The fraction of sp³-hybridized carbons (Fsp3) is 0.0667. The normalized spacial score (nSPS) is 10.8. The van der Waals surface area contributed by atoms with Crippen LogP contribution in [0.2, 0.25) is 5.02 Å². The second-order valence-corrected chi connectivity index (χ2v) is 4.68. The van der Waals surface area contributed by atoms with E-state index in [0.717, 1.165) is 22.2 Å². The summed E-state index contributed by atoms with van der Waals surface area (Å²) in [5, 5.41) is 1.51. The van der Waals surface area contributed by atoms with E-state index in [0.29, 0.717) is 11.6 Å². The largest absolute Gasteiger partial charge is 0.489 e. The van der Waals surface area contributed by atoms with Crippen molar-refractivity contribution in [2.75, 3.05) is 0 Å². The van der Waals surface area contributed by atoms with Gasteiger partial charge in [0.05, 0.1) is 0 Å². The average molecular weight is 276 g/mol. The highest BCUT2D eigenvalue weighted by molar-refractivity contribution is 6.30. The molecule has 0 radical (unpaired) electrons. The number of benzene rings is 2. The minimum atomic E-state index is -0.250. The van der Waals surface area contributed by atoms with Gasteiger partial charge in [0, 0.05) is 27.7 Å². The van der Waals surface area contributed by atoms with Crippen molar-refractivity contribution in [3.05, 3.63) is 65.1 Å². The number of hydrogen-bond donors (Lipinski definition) is 1. The topological polar surface area (TPSA) is 25.0 Å². The first-order valence-electron chi connectivity index (χ1n) is 5.86. The molecule has 96 valence electrons. The molecule has 0 atom stereocenters. The smallest absolute Gasteiger partial charge is 0.123 e. The number of H-pyrrole nitrogens is 1. The molecule has 2 aromatic carbocycles. The molecule has 0 aliphatic heterocycles. The molecule has 1 aromatic heterocycles. The highest BCUT2D eigenvalue weighted by Crippen LogP contribution is 2.22. The Kier molecular flexibility index (Phi) is 3.13. The Morgan fingerprint density at radius 2 is 1.89 bits per heavy atom. The Balaban J connectivity index is 1.81. The SMILES string of the molecule is Fc1ccc2[nH]cc(COc3ccc(Cl)cc3)c2c1. The van der Waals surface area contributed by atoms with Crippen molar-refractivity contribution in [1.82, 2.24) is 4.98 Å². The molecule has 1 N–H and O–H groups in total. The maximum Gasteiger partial charge on any atom is 0.123 e. The standard InChI is InChI=1S/C15H11ClFNO/c16-11-1-4-13(5-2-11)19-9-10-8-18-15-6-3-12(17)7-14(10)15/h1-8,18H,9H2. The van der Waals surface area contributed by atoms with Gasteiger partial charge in [0.25, 0.3) is 0 Å². The Labute approximate surface area is 114 Å². The van der Waals surface area contributed by atoms with E-state index < -0.39 is 0 Å². The molecule has 0 spiro atoms. The maximum absolute atomic E-state index is 13.2. The summed E-state index contributed by atoms with van der Waals surface area (Å²) in [5.74, 6) is 0.481. The fourth-order valence-corrected chi connectivity index (χ4v) is 2.09. The molecule has 19 heavy (non-hydrogen) atoms. The number of nitrogens with one attached hydrogen (secondary N) is 1. The molecule has 0 aliphatic carbocycles. The van der Waals surface area contributed by atoms with Crippen LogP contribution in [0.5, 0.6) is 5.75 Å². The zero-order chi connectivity index (χ0) is 13.2. The molecule has 3 aromatic rings. The molecular formula is C15H11ClFNO. The van der Waals surface area contributed by atoms with Crippen LogP contribution in [0, 0.1) is 5.82 Å². The predicted molar refractivity (Wildman–Crippen MR) is 74.0 cm³/mol. The third-order valence-electron chi connectivity index (χ3n) is 2.94. The van der Waals surface area contributed by atoms with E-state index in [2.05, 4.69) is 4.98 Å². The summed E-state index contributed by atoms with van der Waals surface area (Å²) in [5.41, 5.74) is 1.82.